The molecular weight excluding hydrogens is 164 g/mol. The molecule has 0 radical (unpaired) electrons. The molecule has 1 amide bonds. The second-order valence-electron chi connectivity index (χ2n) is 2.87. The van der Waals surface area contributed by atoms with Gasteiger partial charge in [-0.2, -0.15) is 0 Å². The van der Waals surface area contributed by atoms with Gasteiger partial charge in [-0.25, -0.2) is 0 Å². The van der Waals surface area contributed by atoms with Gasteiger partial charge in [0.2, 0.25) is 5.91 Å². The third-order valence-corrected chi connectivity index (χ3v) is 2.02. The molecule has 0 saturated heterocycles. The van der Waals surface area contributed by atoms with E-state index in [9.17, 15) is 4.79 Å². The van der Waals surface area contributed by atoms with Crippen LogP contribution in [0.5, 0.6) is 0 Å². The first-order chi connectivity index (χ1) is 6.15. The normalized spacial score (nSPS) is 9.46. The number of nitrogens with zero attached hydrogens (tertiary/aromatic N) is 1. The Bertz CT molecular complexity index is 292. The number of carbonyl (C=O) groups is 1. The molecule has 0 aliphatic rings. The molecule has 0 saturated carbocycles. The second-order valence-corrected chi connectivity index (χ2v) is 2.87. The van der Waals surface area contributed by atoms with Gasteiger partial charge in [-0.3, -0.25) is 4.79 Å². The molecule has 70 valence electrons. The van der Waals surface area contributed by atoms with Gasteiger partial charge in [0.1, 0.15) is 0 Å². The van der Waals surface area contributed by atoms with E-state index in [1.165, 1.54) is 0 Å². The molecular formula is C10H14N2O. The first-order valence-corrected chi connectivity index (χ1v) is 4.17. The van der Waals surface area contributed by atoms with Gasteiger partial charge in [-0.05, 0) is 24.3 Å². The highest BCUT2D eigenvalue weighted by molar-refractivity contribution is 5.90. The maximum absolute atomic E-state index is 11.0. The van der Waals surface area contributed by atoms with Crippen molar-refractivity contribution in [1.82, 2.24) is 0 Å². The number of anilines is 2. The lowest BCUT2D eigenvalue weighted by Gasteiger charge is -2.14. The summed E-state index contributed by atoms with van der Waals surface area (Å²) in [4.78, 5) is 12.6. The highest BCUT2D eigenvalue weighted by Gasteiger charge is 2.03. The van der Waals surface area contributed by atoms with Crippen LogP contribution in [0.1, 0.15) is 6.92 Å². The summed E-state index contributed by atoms with van der Waals surface area (Å²) >= 11 is 0. The molecule has 1 aromatic rings. The molecule has 1 N–H and O–H groups in total. The summed E-state index contributed by atoms with van der Waals surface area (Å²) < 4.78 is 0. The van der Waals surface area contributed by atoms with E-state index >= 15 is 0 Å². The van der Waals surface area contributed by atoms with Crippen LogP contribution in [-0.4, -0.2) is 20.0 Å². The van der Waals surface area contributed by atoms with Gasteiger partial charge >= 0.3 is 0 Å². The Labute approximate surface area is 78.4 Å². The monoisotopic (exact) mass is 178 g/mol. The second kappa shape index (κ2) is 3.94. The van der Waals surface area contributed by atoms with E-state index in [1.54, 1.807) is 18.9 Å². The molecule has 0 unspecified atom stereocenters. The smallest absolute Gasteiger partial charge is 0.223 e. The summed E-state index contributed by atoms with van der Waals surface area (Å²) in [6.07, 6.45) is 0. The number of nitrogens with one attached hydrogen (secondary N) is 1. The lowest BCUT2D eigenvalue weighted by molar-refractivity contribution is -0.116. The molecule has 0 aromatic heterocycles. The average Bonchev–Trinajstić information content (AvgIpc) is 2.17. The predicted octanol–water partition coefficient (Wildman–Crippen LogP) is 1.71. The average molecular weight is 178 g/mol. The Hall–Kier alpha value is -1.51. The third-order valence-electron chi connectivity index (χ3n) is 2.02. The van der Waals surface area contributed by atoms with Crippen molar-refractivity contribution >= 4 is 17.3 Å². The summed E-state index contributed by atoms with van der Waals surface area (Å²) in [5.74, 6) is 0.0391. The largest absolute Gasteiger partial charge is 0.388 e. The van der Waals surface area contributed by atoms with Crippen molar-refractivity contribution in [3.05, 3.63) is 24.3 Å². The molecule has 0 spiro atoms. The molecule has 0 aliphatic heterocycles. The van der Waals surface area contributed by atoms with Crippen molar-refractivity contribution in [3.63, 3.8) is 0 Å². The highest BCUT2D eigenvalue weighted by Crippen LogP contribution is 2.16. The highest BCUT2D eigenvalue weighted by atomic mass is 16.2. The van der Waals surface area contributed by atoms with Gasteiger partial charge in [0, 0.05) is 32.4 Å². The van der Waals surface area contributed by atoms with Crippen molar-refractivity contribution in [2.24, 2.45) is 0 Å². The molecule has 0 fully saturated rings. The minimum atomic E-state index is 0.0391. The third kappa shape index (κ3) is 2.21. The van der Waals surface area contributed by atoms with Crippen LogP contribution in [0.2, 0.25) is 0 Å². The van der Waals surface area contributed by atoms with E-state index in [-0.39, 0.29) is 5.91 Å². The van der Waals surface area contributed by atoms with E-state index in [0.717, 1.165) is 11.4 Å². The Kier molecular flexibility index (Phi) is 2.90. The first-order valence-electron chi connectivity index (χ1n) is 4.17. The van der Waals surface area contributed by atoms with E-state index in [1.807, 2.05) is 31.3 Å². The lowest BCUT2D eigenvalue weighted by atomic mass is 10.2. The zero-order valence-electron chi connectivity index (χ0n) is 8.16. The van der Waals surface area contributed by atoms with Gasteiger partial charge in [-0.15, -0.1) is 0 Å². The summed E-state index contributed by atoms with van der Waals surface area (Å²) in [5, 5.41) is 3.02. The fourth-order valence-electron chi connectivity index (χ4n) is 1.03. The summed E-state index contributed by atoms with van der Waals surface area (Å²) in [5.41, 5.74) is 1.95. The number of amides is 1. The van der Waals surface area contributed by atoms with Crippen LogP contribution in [-0.2, 0) is 4.79 Å². The van der Waals surface area contributed by atoms with Crippen molar-refractivity contribution in [2.45, 2.75) is 6.92 Å². The summed E-state index contributed by atoms with van der Waals surface area (Å²) in [6.45, 7) is 1.55. The number of hydrogen-bond donors (Lipinski definition) is 1. The SMILES string of the molecule is CNc1ccc(N(C)C(C)=O)cc1. The van der Waals surface area contributed by atoms with E-state index in [0.29, 0.717) is 0 Å². The maximum atomic E-state index is 11.0. The zero-order chi connectivity index (χ0) is 9.84. The number of carbonyl (C=O) groups excluding carboxylic acids is 1. The molecule has 0 heterocycles. The van der Waals surface area contributed by atoms with Gasteiger partial charge < -0.3 is 10.2 Å². The molecule has 3 nitrogen and oxygen atoms in total. The molecule has 0 atom stereocenters. The zero-order valence-corrected chi connectivity index (χ0v) is 8.16. The molecule has 3 heteroatoms. The molecule has 0 bridgehead atoms. The van der Waals surface area contributed by atoms with Crippen LogP contribution in [0.4, 0.5) is 11.4 Å². The quantitative estimate of drug-likeness (QED) is 0.747. The van der Waals surface area contributed by atoms with Crippen LogP contribution in [0, 0.1) is 0 Å². The molecule has 1 aromatic carbocycles. The topological polar surface area (TPSA) is 32.3 Å². The van der Waals surface area contributed by atoms with E-state index in [4.69, 9.17) is 0 Å². The van der Waals surface area contributed by atoms with E-state index < -0.39 is 0 Å². The lowest BCUT2D eigenvalue weighted by Crippen LogP contribution is -2.22. The van der Waals surface area contributed by atoms with Crippen molar-refractivity contribution < 1.29 is 4.79 Å². The first kappa shape index (κ1) is 9.58. The van der Waals surface area contributed by atoms with E-state index in [2.05, 4.69) is 5.32 Å². The van der Waals surface area contributed by atoms with Gasteiger partial charge in [0.25, 0.3) is 0 Å². The molecule has 13 heavy (non-hydrogen) atoms. The fourth-order valence-corrected chi connectivity index (χ4v) is 1.03. The maximum Gasteiger partial charge on any atom is 0.223 e. The van der Waals surface area contributed by atoms with Crippen LogP contribution in [0.25, 0.3) is 0 Å². The minimum Gasteiger partial charge on any atom is -0.388 e. The van der Waals surface area contributed by atoms with Crippen LogP contribution in [0.3, 0.4) is 0 Å². The Morgan fingerprint density at radius 1 is 1.31 bits per heavy atom. The molecule has 0 aliphatic carbocycles. The van der Waals surface area contributed by atoms with Gasteiger partial charge in [0.15, 0.2) is 0 Å². The minimum absolute atomic E-state index is 0.0391. The molecule has 1 rings (SSSR count). The predicted molar refractivity (Wildman–Crippen MR) is 55.1 cm³/mol. The van der Waals surface area contributed by atoms with Gasteiger partial charge in [-0.1, -0.05) is 0 Å². The summed E-state index contributed by atoms with van der Waals surface area (Å²) in [7, 11) is 3.63. The Morgan fingerprint density at radius 2 is 1.85 bits per heavy atom. The Morgan fingerprint density at radius 3 is 2.23 bits per heavy atom. The Balaban J connectivity index is 2.85. The number of hydrogen-bond acceptors (Lipinski definition) is 2. The number of benzene rings is 1. The fraction of sp³-hybridized carbons (Fsp3) is 0.300. The number of rotatable bonds is 2. The van der Waals surface area contributed by atoms with Crippen molar-refractivity contribution in [3.8, 4) is 0 Å². The van der Waals surface area contributed by atoms with Crippen LogP contribution < -0.4 is 10.2 Å². The summed E-state index contributed by atoms with van der Waals surface area (Å²) in [6, 6.07) is 7.70. The van der Waals surface area contributed by atoms with Gasteiger partial charge in [0.05, 0.1) is 0 Å². The van der Waals surface area contributed by atoms with Crippen LogP contribution in [0.15, 0.2) is 24.3 Å². The van der Waals surface area contributed by atoms with Crippen LogP contribution >= 0.6 is 0 Å². The van der Waals surface area contributed by atoms with Crippen molar-refractivity contribution in [2.75, 3.05) is 24.3 Å². The standard InChI is InChI=1S/C10H14N2O/c1-8(13)12(3)10-6-4-9(11-2)5-7-10/h4-7,11H,1-3H3. The van der Waals surface area contributed by atoms with Crippen molar-refractivity contribution in [1.29, 1.82) is 0 Å².